The Morgan fingerprint density at radius 2 is 2.29 bits per heavy atom. The summed E-state index contributed by atoms with van der Waals surface area (Å²) in [6, 6.07) is 1.82. The fourth-order valence-electron chi connectivity index (χ4n) is 2.00. The highest BCUT2D eigenvalue weighted by Crippen LogP contribution is 2.33. The van der Waals surface area contributed by atoms with Crippen LogP contribution in [0.1, 0.15) is 29.4 Å². The number of likely N-dealkylation sites (tertiary alicyclic amines) is 1. The normalized spacial score (nSPS) is 25.1. The molecule has 1 unspecified atom stereocenters. The average molecular weight is 383 g/mol. The van der Waals surface area contributed by atoms with Gasteiger partial charge >= 0.3 is 0 Å². The number of amides is 1. The lowest BCUT2D eigenvalue weighted by Gasteiger charge is -2.36. The summed E-state index contributed by atoms with van der Waals surface area (Å²) in [5.74, 6) is 0.00127. The van der Waals surface area contributed by atoms with E-state index < -0.39 is 5.60 Å². The molecule has 0 spiro atoms. The van der Waals surface area contributed by atoms with E-state index in [0.717, 1.165) is 27.6 Å². The van der Waals surface area contributed by atoms with E-state index in [1.807, 2.05) is 6.07 Å². The number of hydrogen-bond donors (Lipinski definition) is 1. The smallest absolute Gasteiger partial charge is 0.264 e. The quantitative estimate of drug-likeness (QED) is 0.809. The number of piperidine rings is 1. The minimum atomic E-state index is -0.750. The van der Waals surface area contributed by atoms with Crippen molar-refractivity contribution in [2.24, 2.45) is 0 Å². The Balaban J connectivity index is 2.15. The lowest BCUT2D eigenvalue weighted by Crippen LogP contribution is -2.48. The van der Waals surface area contributed by atoms with E-state index >= 15 is 0 Å². The van der Waals surface area contributed by atoms with Crippen LogP contribution in [0, 0.1) is 0 Å². The van der Waals surface area contributed by atoms with Crippen molar-refractivity contribution in [3.05, 3.63) is 19.2 Å². The molecule has 1 fully saturated rings. The molecular weight excluding hydrogens is 370 g/mol. The number of β-amino-alcohol motifs (C(OH)–C–C–N with tert-alkyl or cyclic N) is 1. The largest absolute Gasteiger partial charge is 0.388 e. The summed E-state index contributed by atoms with van der Waals surface area (Å²) in [7, 11) is 0. The van der Waals surface area contributed by atoms with Crippen LogP contribution in [0.15, 0.2) is 14.3 Å². The second kappa shape index (κ2) is 4.99. The summed E-state index contributed by atoms with van der Waals surface area (Å²) < 4.78 is 1.82. The first-order chi connectivity index (χ1) is 7.89. The third-order valence-corrected chi connectivity index (χ3v) is 6.06. The maximum Gasteiger partial charge on any atom is 0.264 e. The first-order valence-corrected chi connectivity index (χ1v) is 7.76. The van der Waals surface area contributed by atoms with Gasteiger partial charge in [0.1, 0.15) is 0 Å². The number of rotatable bonds is 1. The van der Waals surface area contributed by atoms with E-state index in [0.29, 0.717) is 11.4 Å². The Labute approximate surface area is 121 Å². The van der Waals surface area contributed by atoms with Gasteiger partial charge in [0, 0.05) is 17.6 Å². The molecule has 2 rings (SSSR count). The van der Waals surface area contributed by atoms with Gasteiger partial charge in [-0.25, -0.2) is 0 Å². The lowest BCUT2D eigenvalue weighted by molar-refractivity contribution is -0.0105. The van der Waals surface area contributed by atoms with Crippen LogP contribution in [-0.4, -0.2) is 34.6 Å². The number of thiophene rings is 1. The number of hydrogen-bond acceptors (Lipinski definition) is 3. The predicted octanol–water partition coefficient (Wildman–Crippen LogP) is 3.26. The molecule has 1 aliphatic rings. The molecule has 6 heteroatoms. The Morgan fingerprint density at radius 1 is 1.59 bits per heavy atom. The molecule has 94 valence electrons. The maximum absolute atomic E-state index is 12.2. The van der Waals surface area contributed by atoms with Gasteiger partial charge in [0.05, 0.1) is 14.3 Å². The molecule has 1 amide bonds. The monoisotopic (exact) mass is 381 g/mol. The van der Waals surface area contributed by atoms with Crippen LogP contribution in [-0.2, 0) is 0 Å². The number of halogens is 2. The van der Waals surface area contributed by atoms with E-state index in [-0.39, 0.29) is 5.91 Å². The van der Waals surface area contributed by atoms with Crippen LogP contribution in [0.5, 0.6) is 0 Å². The van der Waals surface area contributed by atoms with Gasteiger partial charge in [-0.3, -0.25) is 4.79 Å². The molecule has 17 heavy (non-hydrogen) atoms. The average Bonchev–Trinajstić information content (AvgIpc) is 2.57. The van der Waals surface area contributed by atoms with E-state index in [4.69, 9.17) is 0 Å². The number of carbonyl (C=O) groups excluding carboxylic acids is 1. The molecule has 0 saturated carbocycles. The second-order valence-electron chi connectivity index (χ2n) is 4.56. The molecule has 1 atom stereocenters. The SMILES string of the molecule is CC1(O)CCCN(C(=O)c2cc(Br)c(Br)s2)C1. The molecule has 1 N–H and O–H groups in total. The van der Waals surface area contributed by atoms with Crippen molar-refractivity contribution in [3.8, 4) is 0 Å². The van der Waals surface area contributed by atoms with Gasteiger partial charge in [-0.15, -0.1) is 11.3 Å². The highest BCUT2D eigenvalue weighted by atomic mass is 79.9. The van der Waals surface area contributed by atoms with Crippen molar-refractivity contribution in [1.29, 1.82) is 0 Å². The van der Waals surface area contributed by atoms with Gasteiger partial charge in [-0.05, 0) is 57.7 Å². The summed E-state index contributed by atoms with van der Waals surface area (Å²) in [5.41, 5.74) is -0.750. The standard InChI is InChI=1S/C11H13Br2NO2S/c1-11(16)3-2-4-14(6-11)10(15)8-5-7(12)9(13)17-8/h5,16H,2-4,6H2,1H3. The highest BCUT2D eigenvalue weighted by Gasteiger charge is 2.31. The van der Waals surface area contributed by atoms with Crippen LogP contribution in [0.4, 0.5) is 0 Å². The maximum atomic E-state index is 12.2. The molecule has 1 aliphatic heterocycles. The second-order valence-corrected chi connectivity index (χ2v) is 7.78. The Bertz CT molecular complexity index is 425. The molecule has 2 heterocycles. The van der Waals surface area contributed by atoms with Gasteiger partial charge in [0.15, 0.2) is 0 Å². The van der Waals surface area contributed by atoms with Crippen molar-refractivity contribution in [3.63, 3.8) is 0 Å². The van der Waals surface area contributed by atoms with Crippen LogP contribution < -0.4 is 0 Å². The summed E-state index contributed by atoms with van der Waals surface area (Å²) in [6.45, 7) is 2.92. The Hall–Kier alpha value is 0.0900. The Kier molecular flexibility index (Phi) is 3.97. The molecule has 0 radical (unpaired) electrons. The third-order valence-electron chi connectivity index (χ3n) is 2.82. The van der Waals surface area contributed by atoms with E-state index in [1.165, 1.54) is 11.3 Å². The molecule has 0 bridgehead atoms. The van der Waals surface area contributed by atoms with Crippen molar-refractivity contribution < 1.29 is 9.90 Å². The van der Waals surface area contributed by atoms with Gasteiger partial charge < -0.3 is 10.0 Å². The fourth-order valence-corrected chi connectivity index (χ4v) is 4.00. The molecule has 1 aromatic rings. The van der Waals surface area contributed by atoms with E-state index in [2.05, 4.69) is 31.9 Å². The van der Waals surface area contributed by atoms with Gasteiger partial charge in [-0.2, -0.15) is 0 Å². The summed E-state index contributed by atoms with van der Waals surface area (Å²) in [6.07, 6.45) is 1.61. The van der Waals surface area contributed by atoms with Crippen molar-refractivity contribution in [1.82, 2.24) is 4.90 Å². The van der Waals surface area contributed by atoms with Crippen molar-refractivity contribution >= 4 is 49.1 Å². The molecule has 3 nitrogen and oxygen atoms in total. The highest BCUT2D eigenvalue weighted by molar-refractivity contribution is 9.13. The van der Waals surface area contributed by atoms with Crippen molar-refractivity contribution in [2.75, 3.05) is 13.1 Å². The minimum Gasteiger partial charge on any atom is -0.388 e. The zero-order valence-electron chi connectivity index (χ0n) is 9.37. The van der Waals surface area contributed by atoms with E-state index in [1.54, 1.807) is 11.8 Å². The van der Waals surface area contributed by atoms with Crippen LogP contribution >= 0.6 is 43.2 Å². The molecule has 1 saturated heterocycles. The van der Waals surface area contributed by atoms with Crippen LogP contribution in [0.25, 0.3) is 0 Å². The molecular formula is C11H13Br2NO2S. The van der Waals surface area contributed by atoms with E-state index in [9.17, 15) is 9.90 Å². The lowest BCUT2D eigenvalue weighted by atomic mass is 9.95. The first-order valence-electron chi connectivity index (χ1n) is 5.35. The molecule has 0 aliphatic carbocycles. The number of carbonyl (C=O) groups is 1. The van der Waals surface area contributed by atoms with Gasteiger partial charge in [0.2, 0.25) is 0 Å². The zero-order valence-corrected chi connectivity index (χ0v) is 13.4. The van der Waals surface area contributed by atoms with Gasteiger partial charge in [-0.1, -0.05) is 0 Å². The van der Waals surface area contributed by atoms with Crippen LogP contribution in [0.3, 0.4) is 0 Å². The fraction of sp³-hybridized carbons (Fsp3) is 0.545. The zero-order chi connectivity index (χ0) is 12.6. The van der Waals surface area contributed by atoms with Crippen LogP contribution in [0.2, 0.25) is 0 Å². The number of nitrogens with zero attached hydrogens (tertiary/aromatic N) is 1. The molecule has 0 aromatic carbocycles. The Morgan fingerprint density at radius 3 is 2.82 bits per heavy atom. The summed E-state index contributed by atoms with van der Waals surface area (Å²) in [5, 5.41) is 9.99. The predicted molar refractivity (Wildman–Crippen MR) is 75.5 cm³/mol. The third kappa shape index (κ3) is 3.10. The van der Waals surface area contributed by atoms with Gasteiger partial charge in [0.25, 0.3) is 5.91 Å². The summed E-state index contributed by atoms with van der Waals surface area (Å²) in [4.78, 5) is 14.7. The number of aliphatic hydroxyl groups is 1. The van der Waals surface area contributed by atoms with Crippen molar-refractivity contribution in [2.45, 2.75) is 25.4 Å². The summed E-state index contributed by atoms with van der Waals surface area (Å²) >= 11 is 8.17. The topological polar surface area (TPSA) is 40.5 Å². The first kappa shape index (κ1) is 13.5. The molecule has 1 aromatic heterocycles. The minimum absolute atomic E-state index is 0.00127.